The Kier molecular flexibility index (Phi) is 5.46. The summed E-state index contributed by atoms with van der Waals surface area (Å²) in [6.07, 6.45) is 4.59. The van der Waals surface area contributed by atoms with Gasteiger partial charge in [0.05, 0.1) is 23.4 Å². The smallest absolute Gasteiger partial charge is 0.272 e. The average molecular weight is 413 g/mol. The lowest BCUT2D eigenvalue weighted by Gasteiger charge is -2.07. The van der Waals surface area contributed by atoms with Crippen LogP contribution in [0.2, 0.25) is 0 Å². The molecule has 21 heavy (non-hydrogen) atoms. The van der Waals surface area contributed by atoms with Crippen molar-refractivity contribution in [3.05, 3.63) is 56.7 Å². The maximum absolute atomic E-state index is 11.8. The van der Waals surface area contributed by atoms with Crippen molar-refractivity contribution in [3.8, 4) is 5.75 Å². The molecule has 0 saturated carbocycles. The van der Waals surface area contributed by atoms with Gasteiger partial charge in [0.1, 0.15) is 5.75 Å². The van der Waals surface area contributed by atoms with E-state index in [1.165, 1.54) is 12.4 Å². The number of benzene rings is 1. The number of hydrogen-bond donors (Lipinski definition) is 1. The zero-order chi connectivity index (χ0) is 15.2. The molecule has 1 aromatic carbocycles. The fraction of sp³-hybridized carbons (Fsp3) is 0.0714. The summed E-state index contributed by atoms with van der Waals surface area (Å²) < 4.78 is 6.95. The van der Waals surface area contributed by atoms with Gasteiger partial charge in [-0.3, -0.25) is 9.78 Å². The molecule has 1 aromatic heterocycles. The average Bonchev–Trinajstić information content (AvgIpc) is 2.47. The first-order valence-corrected chi connectivity index (χ1v) is 7.47. The Bertz CT molecular complexity index is 675. The van der Waals surface area contributed by atoms with Crippen LogP contribution in [0.25, 0.3) is 0 Å². The molecule has 2 aromatic rings. The van der Waals surface area contributed by atoms with Crippen LogP contribution < -0.4 is 10.2 Å². The number of hydrazone groups is 1. The molecule has 2 rings (SSSR count). The maximum atomic E-state index is 11.8. The Morgan fingerprint density at radius 2 is 2.24 bits per heavy atom. The van der Waals surface area contributed by atoms with Crippen LogP contribution in [-0.4, -0.2) is 24.2 Å². The first-order chi connectivity index (χ1) is 10.1. The number of aromatic nitrogens is 1. The summed E-state index contributed by atoms with van der Waals surface area (Å²) in [4.78, 5) is 15.7. The largest absolute Gasteiger partial charge is 0.495 e. The summed E-state index contributed by atoms with van der Waals surface area (Å²) in [5.41, 5.74) is 3.61. The molecule has 0 aliphatic rings. The van der Waals surface area contributed by atoms with E-state index in [2.05, 4.69) is 47.4 Å². The van der Waals surface area contributed by atoms with Gasteiger partial charge in [0.15, 0.2) is 0 Å². The molecule has 0 aliphatic heterocycles. The third-order valence-electron chi connectivity index (χ3n) is 2.53. The minimum absolute atomic E-state index is 0.327. The number of pyridine rings is 1. The van der Waals surface area contributed by atoms with Gasteiger partial charge in [0, 0.05) is 22.4 Å². The van der Waals surface area contributed by atoms with E-state index in [0.29, 0.717) is 11.3 Å². The van der Waals surface area contributed by atoms with E-state index in [1.54, 1.807) is 25.4 Å². The molecular weight excluding hydrogens is 402 g/mol. The quantitative estimate of drug-likeness (QED) is 0.618. The SMILES string of the molecule is COc1c(Br)cc(Br)cc1/C=N/NC(=O)c1cccnc1. The van der Waals surface area contributed by atoms with Gasteiger partial charge in [0.2, 0.25) is 0 Å². The minimum Gasteiger partial charge on any atom is -0.495 e. The summed E-state index contributed by atoms with van der Waals surface area (Å²) in [7, 11) is 1.57. The third kappa shape index (κ3) is 4.12. The van der Waals surface area contributed by atoms with Crippen LogP contribution in [0.3, 0.4) is 0 Å². The molecule has 0 spiro atoms. The fourth-order valence-electron chi connectivity index (χ4n) is 1.61. The van der Waals surface area contributed by atoms with Crippen molar-refractivity contribution in [3.63, 3.8) is 0 Å². The fourth-order valence-corrected chi connectivity index (χ4v) is 3.03. The van der Waals surface area contributed by atoms with E-state index in [1.807, 2.05) is 12.1 Å². The van der Waals surface area contributed by atoms with Crippen LogP contribution in [0.4, 0.5) is 0 Å². The van der Waals surface area contributed by atoms with E-state index >= 15 is 0 Å². The summed E-state index contributed by atoms with van der Waals surface area (Å²) in [6, 6.07) is 7.05. The van der Waals surface area contributed by atoms with Gasteiger partial charge < -0.3 is 4.74 Å². The Hall–Kier alpha value is -1.73. The number of hydrogen-bond acceptors (Lipinski definition) is 4. The number of methoxy groups -OCH3 is 1. The standard InChI is InChI=1S/C14H11Br2N3O2/c1-21-13-10(5-11(15)6-12(13)16)8-18-19-14(20)9-3-2-4-17-7-9/h2-8H,1H3,(H,19,20)/b18-8+. The molecule has 108 valence electrons. The van der Waals surface area contributed by atoms with Crippen LogP contribution in [-0.2, 0) is 0 Å². The monoisotopic (exact) mass is 411 g/mol. The normalized spacial score (nSPS) is 10.6. The van der Waals surface area contributed by atoms with Crippen molar-refractivity contribution in [2.24, 2.45) is 5.10 Å². The molecule has 0 saturated heterocycles. The molecule has 7 heteroatoms. The van der Waals surface area contributed by atoms with Gasteiger partial charge in [-0.1, -0.05) is 15.9 Å². The van der Waals surface area contributed by atoms with Gasteiger partial charge in [-0.15, -0.1) is 0 Å². The lowest BCUT2D eigenvalue weighted by Crippen LogP contribution is -2.17. The number of nitrogens with one attached hydrogen (secondary N) is 1. The molecule has 0 unspecified atom stereocenters. The van der Waals surface area contributed by atoms with E-state index in [0.717, 1.165) is 14.5 Å². The second-order valence-corrected chi connectivity index (χ2v) is 5.72. The first kappa shape index (κ1) is 15.7. The molecular formula is C14H11Br2N3O2. The number of carbonyl (C=O) groups excluding carboxylic acids is 1. The summed E-state index contributed by atoms with van der Waals surface area (Å²) in [5.74, 6) is 0.310. The van der Waals surface area contributed by atoms with Crippen LogP contribution >= 0.6 is 31.9 Å². The molecule has 1 heterocycles. The highest BCUT2D eigenvalue weighted by Crippen LogP contribution is 2.31. The Morgan fingerprint density at radius 3 is 2.90 bits per heavy atom. The highest BCUT2D eigenvalue weighted by molar-refractivity contribution is 9.11. The van der Waals surface area contributed by atoms with Crippen molar-refractivity contribution in [1.82, 2.24) is 10.4 Å². The lowest BCUT2D eigenvalue weighted by molar-refractivity contribution is 0.0955. The van der Waals surface area contributed by atoms with Gasteiger partial charge in [-0.25, -0.2) is 5.43 Å². The van der Waals surface area contributed by atoms with Gasteiger partial charge in [0.25, 0.3) is 5.91 Å². The maximum Gasteiger partial charge on any atom is 0.272 e. The molecule has 0 atom stereocenters. The molecule has 1 amide bonds. The second-order valence-electron chi connectivity index (χ2n) is 3.95. The Labute approximate surface area is 138 Å². The van der Waals surface area contributed by atoms with Crippen LogP contribution in [0.15, 0.2) is 50.7 Å². The number of halogens is 2. The number of ether oxygens (including phenoxy) is 1. The van der Waals surface area contributed by atoms with E-state index < -0.39 is 0 Å². The molecule has 0 aliphatic carbocycles. The minimum atomic E-state index is -0.327. The summed E-state index contributed by atoms with van der Waals surface area (Å²) >= 11 is 6.79. The first-order valence-electron chi connectivity index (χ1n) is 5.88. The predicted octanol–water partition coefficient (Wildman–Crippen LogP) is 3.38. The summed E-state index contributed by atoms with van der Waals surface area (Å²) in [6.45, 7) is 0. The topological polar surface area (TPSA) is 63.6 Å². The van der Waals surface area contributed by atoms with Gasteiger partial charge in [-0.2, -0.15) is 5.10 Å². The van der Waals surface area contributed by atoms with Crippen molar-refractivity contribution >= 4 is 44.0 Å². The van der Waals surface area contributed by atoms with Crippen LogP contribution in [0.5, 0.6) is 5.75 Å². The van der Waals surface area contributed by atoms with Crippen molar-refractivity contribution < 1.29 is 9.53 Å². The highest BCUT2D eigenvalue weighted by Gasteiger charge is 2.08. The molecule has 0 bridgehead atoms. The van der Waals surface area contributed by atoms with Crippen molar-refractivity contribution in [2.45, 2.75) is 0 Å². The van der Waals surface area contributed by atoms with E-state index in [-0.39, 0.29) is 5.91 Å². The third-order valence-corrected chi connectivity index (χ3v) is 3.58. The molecule has 1 N–H and O–H groups in total. The number of carbonyl (C=O) groups is 1. The highest BCUT2D eigenvalue weighted by atomic mass is 79.9. The number of amides is 1. The Morgan fingerprint density at radius 1 is 1.43 bits per heavy atom. The Balaban J connectivity index is 2.13. The van der Waals surface area contributed by atoms with E-state index in [9.17, 15) is 4.79 Å². The zero-order valence-corrected chi connectivity index (χ0v) is 14.2. The predicted molar refractivity (Wildman–Crippen MR) is 87.7 cm³/mol. The zero-order valence-electron chi connectivity index (χ0n) is 11.0. The van der Waals surface area contributed by atoms with E-state index in [4.69, 9.17) is 4.74 Å². The summed E-state index contributed by atoms with van der Waals surface area (Å²) in [5, 5.41) is 3.93. The molecule has 0 fully saturated rings. The number of rotatable bonds is 4. The second kappa shape index (κ2) is 7.33. The lowest BCUT2D eigenvalue weighted by atomic mass is 10.2. The molecule has 5 nitrogen and oxygen atoms in total. The van der Waals surface area contributed by atoms with Crippen molar-refractivity contribution in [1.29, 1.82) is 0 Å². The van der Waals surface area contributed by atoms with Crippen molar-refractivity contribution in [2.75, 3.05) is 7.11 Å². The number of nitrogens with zero attached hydrogens (tertiary/aromatic N) is 2. The van der Waals surface area contributed by atoms with Gasteiger partial charge in [-0.05, 0) is 40.2 Å². The van der Waals surface area contributed by atoms with Crippen LogP contribution in [0, 0.1) is 0 Å². The molecule has 0 radical (unpaired) electrons. The van der Waals surface area contributed by atoms with Gasteiger partial charge >= 0.3 is 0 Å². The van der Waals surface area contributed by atoms with Crippen LogP contribution in [0.1, 0.15) is 15.9 Å².